The fourth-order valence-electron chi connectivity index (χ4n) is 6.15. The lowest BCUT2D eigenvalue weighted by Crippen LogP contribution is -2.34. The summed E-state index contributed by atoms with van der Waals surface area (Å²) in [5, 5.41) is 2.85. The summed E-state index contributed by atoms with van der Waals surface area (Å²) in [7, 11) is 5.19. The van der Waals surface area contributed by atoms with E-state index in [4.69, 9.17) is 18.9 Å². The van der Waals surface area contributed by atoms with E-state index in [0.29, 0.717) is 19.1 Å². The second-order valence-corrected chi connectivity index (χ2v) is 10.8. The minimum Gasteiger partial charge on any atom is -0.497 e. The maximum atomic E-state index is 12.4. The summed E-state index contributed by atoms with van der Waals surface area (Å²) in [6.45, 7) is 5.98. The minimum atomic E-state index is 0.0681. The summed E-state index contributed by atoms with van der Waals surface area (Å²) < 4.78 is 23.3. The van der Waals surface area contributed by atoms with Crippen molar-refractivity contribution in [3.63, 3.8) is 0 Å². The predicted molar refractivity (Wildman–Crippen MR) is 155 cm³/mol. The third-order valence-corrected chi connectivity index (χ3v) is 8.39. The van der Waals surface area contributed by atoms with E-state index in [9.17, 15) is 4.79 Å². The number of methoxy groups -OCH3 is 2. The lowest BCUT2D eigenvalue weighted by Gasteiger charge is -2.37. The molecule has 4 rings (SSSR count). The summed E-state index contributed by atoms with van der Waals surface area (Å²) in [6, 6.07) is 14.9. The van der Waals surface area contributed by atoms with Crippen molar-refractivity contribution in [1.29, 1.82) is 0 Å². The Bertz CT molecular complexity index is 1040. The lowest BCUT2D eigenvalue weighted by molar-refractivity contribution is -0.125. The number of anilines is 1. The first-order chi connectivity index (χ1) is 19.1. The van der Waals surface area contributed by atoms with Gasteiger partial charge in [-0.2, -0.15) is 0 Å². The molecule has 1 fully saturated rings. The summed E-state index contributed by atoms with van der Waals surface area (Å²) in [4.78, 5) is 14.8. The van der Waals surface area contributed by atoms with Crippen molar-refractivity contribution in [2.75, 3.05) is 52.5 Å². The van der Waals surface area contributed by atoms with Crippen molar-refractivity contribution >= 4 is 11.6 Å². The van der Waals surface area contributed by atoms with E-state index in [1.165, 1.54) is 5.56 Å². The molecule has 0 unspecified atom stereocenters. The third kappa shape index (κ3) is 7.67. The molecule has 7 heteroatoms. The van der Waals surface area contributed by atoms with Crippen molar-refractivity contribution in [3.8, 4) is 11.5 Å². The Kier molecular flexibility index (Phi) is 10.9. The van der Waals surface area contributed by atoms with Crippen LogP contribution in [0.15, 0.2) is 42.5 Å². The number of amides is 1. The van der Waals surface area contributed by atoms with Gasteiger partial charge in [0.15, 0.2) is 0 Å². The van der Waals surface area contributed by atoms with Gasteiger partial charge in [-0.25, -0.2) is 0 Å². The summed E-state index contributed by atoms with van der Waals surface area (Å²) in [5.74, 6) is 2.81. The molecule has 0 spiro atoms. The van der Waals surface area contributed by atoms with Crippen LogP contribution in [0, 0.1) is 11.8 Å². The Morgan fingerprint density at radius 1 is 1.15 bits per heavy atom. The highest BCUT2D eigenvalue weighted by molar-refractivity contribution is 5.78. The number of carbonyl (C=O) groups excluding carboxylic acids is 1. The van der Waals surface area contributed by atoms with Crippen molar-refractivity contribution in [2.24, 2.45) is 11.8 Å². The Balaban J connectivity index is 1.46. The van der Waals surface area contributed by atoms with Gasteiger partial charge in [0.2, 0.25) is 5.91 Å². The molecule has 1 N–H and O–H groups in total. The zero-order chi connectivity index (χ0) is 27.6. The monoisotopic (exact) mass is 538 g/mol. The van der Waals surface area contributed by atoms with Gasteiger partial charge in [0, 0.05) is 39.1 Å². The molecule has 0 radical (unpaired) electrons. The molecule has 1 saturated carbocycles. The summed E-state index contributed by atoms with van der Waals surface area (Å²) in [6.07, 6.45) is 6.00. The Labute approximate surface area is 234 Å². The molecule has 1 heterocycles. The van der Waals surface area contributed by atoms with Crippen LogP contribution >= 0.6 is 0 Å². The van der Waals surface area contributed by atoms with Crippen LogP contribution in [-0.2, 0) is 20.9 Å². The van der Waals surface area contributed by atoms with Crippen LogP contribution in [0.5, 0.6) is 11.5 Å². The standard InChI is InChI=1S/C32H46N2O5/c1-5-25(32(35)33-2)19-23-7-13-30(28(20-23)26-9-11-27(37-4)12-10-26)39-22-24-8-14-31-29(21-24)34(16-18-38-31)15-6-17-36-3/h8-12,14,21,23,25,28,30H,5-7,13,15-20,22H2,1-4H3,(H,33,35)/t23-,25+,28-,30+/m1/s1. The minimum absolute atomic E-state index is 0.0681. The number of hydrogen-bond donors (Lipinski definition) is 1. The Hall–Kier alpha value is -2.77. The molecular weight excluding hydrogens is 492 g/mol. The quantitative estimate of drug-likeness (QED) is 0.337. The highest BCUT2D eigenvalue weighted by Crippen LogP contribution is 2.42. The van der Waals surface area contributed by atoms with Gasteiger partial charge in [0.1, 0.15) is 18.1 Å². The van der Waals surface area contributed by atoms with E-state index < -0.39 is 0 Å². The molecule has 1 aliphatic heterocycles. The van der Waals surface area contributed by atoms with Crippen LogP contribution in [0.25, 0.3) is 0 Å². The average Bonchev–Trinajstić information content (AvgIpc) is 2.99. The van der Waals surface area contributed by atoms with Crippen LogP contribution < -0.4 is 19.7 Å². The first-order valence-electron chi connectivity index (χ1n) is 14.5. The first kappa shape index (κ1) is 29.2. The van der Waals surface area contributed by atoms with Crippen molar-refractivity contribution in [3.05, 3.63) is 53.6 Å². The number of carbonyl (C=O) groups is 1. The molecule has 2 aromatic carbocycles. The number of ether oxygens (including phenoxy) is 4. The van der Waals surface area contributed by atoms with Gasteiger partial charge >= 0.3 is 0 Å². The maximum absolute atomic E-state index is 12.4. The van der Waals surface area contributed by atoms with E-state index in [2.05, 4.69) is 47.5 Å². The zero-order valence-corrected chi connectivity index (χ0v) is 24.1. The fraction of sp³-hybridized carbons (Fsp3) is 0.594. The van der Waals surface area contributed by atoms with E-state index in [1.807, 2.05) is 12.1 Å². The second kappa shape index (κ2) is 14.6. The number of nitrogens with one attached hydrogen (secondary N) is 1. The number of fused-ring (bicyclic) bond motifs is 1. The lowest BCUT2D eigenvalue weighted by atomic mass is 9.73. The number of rotatable bonds is 13. The molecule has 2 aliphatic rings. The number of hydrogen-bond acceptors (Lipinski definition) is 6. The van der Waals surface area contributed by atoms with E-state index in [1.54, 1.807) is 21.3 Å². The SMILES string of the molecule is CC[C@@H](C[C@H]1CC[C@H](OCc2ccc3c(c2)N(CCCOC)CCO3)[C@@H](c2ccc(OC)cc2)C1)C(=O)NC. The van der Waals surface area contributed by atoms with Crippen molar-refractivity contribution < 1.29 is 23.7 Å². The Morgan fingerprint density at radius 2 is 1.97 bits per heavy atom. The molecule has 7 nitrogen and oxygen atoms in total. The van der Waals surface area contributed by atoms with Crippen LogP contribution in [0.4, 0.5) is 5.69 Å². The molecule has 0 bridgehead atoms. The van der Waals surface area contributed by atoms with E-state index in [-0.39, 0.29) is 23.8 Å². The fourth-order valence-corrected chi connectivity index (χ4v) is 6.15. The Morgan fingerprint density at radius 3 is 2.69 bits per heavy atom. The maximum Gasteiger partial charge on any atom is 0.222 e. The van der Waals surface area contributed by atoms with Crippen LogP contribution in [0.1, 0.15) is 62.5 Å². The molecule has 1 amide bonds. The smallest absolute Gasteiger partial charge is 0.222 e. The average molecular weight is 539 g/mol. The highest BCUT2D eigenvalue weighted by Gasteiger charge is 2.34. The van der Waals surface area contributed by atoms with Gasteiger partial charge in [-0.15, -0.1) is 0 Å². The topological polar surface area (TPSA) is 69.3 Å². The van der Waals surface area contributed by atoms with Crippen LogP contribution in [-0.4, -0.2) is 59.6 Å². The molecule has 4 atom stereocenters. The molecule has 0 aromatic heterocycles. The normalized spacial score (nSPS) is 21.5. The van der Waals surface area contributed by atoms with Crippen LogP contribution in [0.3, 0.4) is 0 Å². The van der Waals surface area contributed by atoms with E-state index in [0.717, 1.165) is 81.0 Å². The molecule has 214 valence electrons. The van der Waals surface area contributed by atoms with Gasteiger partial charge in [-0.1, -0.05) is 25.1 Å². The molecule has 2 aromatic rings. The summed E-state index contributed by atoms with van der Waals surface area (Å²) in [5.41, 5.74) is 3.59. The van der Waals surface area contributed by atoms with Gasteiger partial charge in [0.05, 0.1) is 32.1 Å². The van der Waals surface area contributed by atoms with Crippen LogP contribution in [0.2, 0.25) is 0 Å². The molecule has 39 heavy (non-hydrogen) atoms. The highest BCUT2D eigenvalue weighted by atomic mass is 16.5. The second-order valence-electron chi connectivity index (χ2n) is 10.8. The van der Waals surface area contributed by atoms with Gasteiger partial charge in [-0.05, 0) is 79.8 Å². The molecule has 0 saturated heterocycles. The summed E-state index contributed by atoms with van der Waals surface area (Å²) >= 11 is 0. The predicted octanol–water partition coefficient (Wildman–Crippen LogP) is 5.56. The van der Waals surface area contributed by atoms with Crippen molar-refractivity contribution in [2.45, 2.75) is 64.1 Å². The first-order valence-corrected chi connectivity index (χ1v) is 14.5. The van der Waals surface area contributed by atoms with Gasteiger partial charge < -0.3 is 29.2 Å². The number of benzene rings is 2. The third-order valence-electron chi connectivity index (χ3n) is 8.39. The van der Waals surface area contributed by atoms with Gasteiger partial charge in [0.25, 0.3) is 0 Å². The zero-order valence-electron chi connectivity index (χ0n) is 24.1. The van der Waals surface area contributed by atoms with E-state index >= 15 is 0 Å². The largest absolute Gasteiger partial charge is 0.497 e. The van der Waals surface area contributed by atoms with Crippen molar-refractivity contribution in [1.82, 2.24) is 5.32 Å². The van der Waals surface area contributed by atoms with Gasteiger partial charge in [-0.3, -0.25) is 4.79 Å². The molecular formula is C32H46N2O5. The number of nitrogens with zero attached hydrogens (tertiary/aromatic N) is 1. The molecule has 1 aliphatic carbocycles.